The minimum Gasteiger partial charge on any atom is -0.467 e. The maximum absolute atomic E-state index is 12.7. The number of ether oxygens (including phenoxy) is 1. The molecule has 4 atom stereocenters. The molecule has 0 radical (unpaired) electrons. The zero-order valence-electron chi connectivity index (χ0n) is 20.2. The van der Waals surface area contributed by atoms with Crippen LogP contribution in [-0.4, -0.2) is 79.5 Å². The number of halogens is 3. The van der Waals surface area contributed by atoms with E-state index in [0.717, 1.165) is 7.11 Å². The molecule has 0 heterocycles. The van der Waals surface area contributed by atoms with Gasteiger partial charge in [0.2, 0.25) is 23.6 Å². The lowest BCUT2D eigenvalue weighted by molar-refractivity contribution is -0.173. The third-order valence-electron chi connectivity index (χ3n) is 4.83. The molecule has 13 nitrogen and oxygen atoms in total. The molecule has 0 spiro atoms. The third-order valence-corrected chi connectivity index (χ3v) is 4.83. The highest BCUT2D eigenvalue weighted by Gasteiger charge is 2.38. The molecule has 0 saturated carbocycles. The first-order valence-corrected chi connectivity index (χ1v) is 11.0. The van der Waals surface area contributed by atoms with Crippen molar-refractivity contribution in [1.82, 2.24) is 21.3 Å². The quantitative estimate of drug-likeness (QED) is 0.104. The van der Waals surface area contributed by atoms with Crippen LogP contribution in [0.4, 0.5) is 13.2 Å². The van der Waals surface area contributed by atoms with Gasteiger partial charge in [0, 0.05) is 13.0 Å². The summed E-state index contributed by atoms with van der Waals surface area (Å²) in [6.45, 7) is 2.38. The number of carbonyl (C=O) groups is 6. The highest BCUT2D eigenvalue weighted by atomic mass is 19.4. The number of hydrogen-bond donors (Lipinski definition) is 6. The molecule has 0 aromatic heterocycles. The molecule has 0 aromatic rings. The van der Waals surface area contributed by atoms with Crippen LogP contribution in [0.1, 0.15) is 46.0 Å². The molecule has 0 aliphatic carbocycles. The van der Waals surface area contributed by atoms with Gasteiger partial charge in [0.1, 0.15) is 18.1 Å². The zero-order chi connectivity index (χ0) is 28.1. The van der Waals surface area contributed by atoms with Gasteiger partial charge in [0.15, 0.2) is 0 Å². The van der Waals surface area contributed by atoms with E-state index in [-0.39, 0.29) is 38.6 Å². The highest BCUT2D eigenvalue weighted by Crippen LogP contribution is 2.14. The lowest BCUT2D eigenvalue weighted by atomic mass is 10.1. The number of rotatable bonds is 15. The van der Waals surface area contributed by atoms with E-state index >= 15 is 0 Å². The number of esters is 1. The topological polar surface area (TPSA) is 212 Å². The average Bonchev–Trinajstić information content (AvgIpc) is 2.79. The van der Waals surface area contributed by atoms with Gasteiger partial charge in [0.25, 0.3) is 0 Å². The highest BCUT2D eigenvalue weighted by molar-refractivity contribution is 5.93. The first-order chi connectivity index (χ1) is 16.6. The fourth-order valence-corrected chi connectivity index (χ4v) is 2.69. The average molecular weight is 527 g/mol. The van der Waals surface area contributed by atoms with Crippen LogP contribution >= 0.6 is 0 Å². The SMILES string of the molecule is COC(=O)[C@@H](C)NC(=O)[C@@H](C)NC(=O)[C@H](CCCCNC(=O)C(F)(F)F)NC(=O)CC[C@@H](N)C(N)=O. The van der Waals surface area contributed by atoms with Gasteiger partial charge >= 0.3 is 18.1 Å². The Balaban J connectivity index is 5.05. The lowest BCUT2D eigenvalue weighted by Gasteiger charge is -2.22. The standard InChI is InChI=1S/C20H33F3N6O7/c1-10(16(32)28-11(2)18(34)36-3)27-17(33)13(29-14(30)8-7-12(24)15(25)31)6-4-5-9-26-19(35)20(21,22)23/h10-13H,4-9,24H2,1-3H3,(H2,25,31)(H,26,35)(H,27,33)(H,28,32)(H,29,30)/t10-,11-,12-,13+/m1/s1. The number of unbranched alkanes of at least 4 members (excludes halogenated alkanes) is 1. The van der Waals surface area contributed by atoms with Crippen LogP contribution in [0.3, 0.4) is 0 Å². The Labute approximate surface area is 205 Å². The van der Waals surface area contributed by atoms with Gasteiger partial charge in [-0.2, -0.15) is 13.2 Å². The fraction of sp³-hybridized carbons (Fsp3) is 0.700. The molecule has 0 saturated heterocycles. The normalized spacial score (nSPS) is 14.4. The first kappa shape index (κ1) is 32.6. The maximum atomic E-state index is 12.7. The van der Waals surface area contributed by atoms with Crippen molar-refractivity contribution in [1.29, 1.82) is 0 Å². The van der Waals surface area contributed by atoms with Crippen LogP contribution in [0.15, 0.2) is 0 Å². The molecule has 36 heavy (non-hydrogen) atoms. The summed E-state index contributed by atoms with van der Waals surface area (Å²) < 4.78 is 41.2. The number of primary amides is 1. The summed E-state index contributed by atoms with van der Waals surface area (Å²) in [6.07, 6.45) is -5.23. The Bertz CT molecular complexity index is 809. The second-order valence-electron chi connectivity index (χ2n) is 7.90. The van der Waals surface area contributed by atoms with E-state index in [1.807, 2.05) is 0 Å². The second-order valence-corrected chi connectivity index (χ2v) is 7.90. The minimum absolute atomic E-state index is 0.0474. The van der Waals surface area contributed by atoms with Gasteiger partial charge in [-0.3, -0.25) is 24.0 Å². The van der Waals surface area contributed by atoms with Crippen LogP contribution in [0.5, 0.6) is 0 Å². The van der Waals surface area contributed by atoms with Gasteiger partial charge in [-0.1, -0.05) is 0 Å². The fourth-order valence-electron chi connectivity index (χ4n) is 2.69. The molecular weight excluding hydrogens is 493 g/mol. The van der Waals surface area contributed by atoms with Crippen molar-refractivity contribution < 1.29 is 46.7 Å². The van der Waals surface area contributed by atoms with Crippen molar-refractivity contribution in [3.8, 4) is 0 Å². The summed E-state index contributed by atoms with van der Waals surface area (Å²) in [7, 11) is 1.13. The van der Waals surface area contributed by atoms with Gasteiger partial charge in [-0.15, -0.1) is 0 Å². The second kappa shape index (κ2) is 15.5. The number of hydrogen-bond acceptors (Lipinski definition) is 8. The summed E-state index contributed by atoms with van der Waals surface area (Å²) in [5, 5.41) is 8.81. The summed E-state index contributed by atoms with van der Waals surface area (Å²) in [5.74, 6) is -5.78. The zero-order valence-corrected chi connectivity index (χ0v) is 20.2. The summed E-state index contributed by atoms with van der Waals surface area (Å²) in [6, 6.07) is -4.40. The van der Waals surface area contributed by atoms with Gasteiger partial charge in [0.05, 0.1) is 13.2 Å². The Hall–Kier alpha value is -3.43. The van der Waals surface area contributed by atoms with Crippen LogP contribution < -0.4 is 32.7 Å². The molecular formula is C20H33F3N6O7. The maximum Gasteiger partial charge on any atom is 0.471 e. The van der Waals surface area contributed by atoms with Crippen LogP contribution in [-0.2, 0) is 33.5 Å². The molecule has 0 unspecified atom stereocenters. The van der Waals surface area contributed by atoms with Crippen LogP contribution in [0.25, 0.3) is 0 Å². The molecule has 0 aliphatic heterocycles. The molecule has 0 fully saturated rings. The molecule has 16 heteroatoms. The van der Waals surface area contributed by atoms with Gasteiger partial charge in [-0.05, 0) is 39.5 Å². The molecule has 8 N–H and O–H groups in total. The molecule has 206 valence electrons. The summed E-state index contributed by atoms with van der Waals surface area (Å²) in [5.41, 5.74) is 10.5. The van der Waals surface area contributed by atoms with Crippen LogP contribution in [0.2, 0.25) is 0 Å². The van der Waals surface area contributed by atoms with E-state index in [0.29, 0.717) is 0 Å². The molecule has 0 bridgehead atoms. The summed E-state index contributed by atoms with van der Waals surface area (Å²) in [4.78, 5) is 70.5. The molecule has 0 rings (SSSR count). The molecule has 0 aromatic carbocycles. The van der Waals surface area contributed by atoms with E-state index in [9.17, 15) is 41.9 Å². The number of carbonyl (C=O) groups excluding carboxylic acids is 6. The van der Waals surface area contributed by atoms with E-state index < -0.39 is 65.8 Å². The predicted molar refractivity (Wildman–Crippen MR) is 118 cm³/mol. The lowest BCUT2D eigenvalue weighted by Crippen LogP contribution is -2.54. The van der Waals surface area contributed by atoms with E-state index in [1.165, 1.54) is 13.8 Å². The predicted octanol–water partition coefficient (Wildman–Crippen LogP) is -1.90. The van der Waals surface area contributed by atoms with E-state index in [2.05, 4.69) is 20.7 Å². The smallest absolute Gasteiger partial charge is 0.467 e. The largest absolute Gasteiger partial charge is 0.471 e. The number of nitrogens with two attached hydrogens (primary N) is 2. The third kappa shape index (κ3) is 12.9. The van der Waals surface area contributed by atoms with E-state index in [1.54, 1.807) is 5.32 Å². The van der Waals surface area contributed by atoms with Crippen LogP contribution in [0, 0.1) is 0 Å². The van der Waals surface area contributed by atoms with Crippen molar-refractivity contribution in [2.45, 2.75) is 76.3 Å². The molecule has 0 aliphatic rings. The van der Waals surface area contributed by atoms with Gasteiger partial charge < -0.3 is 37.5 Å². The first-order valence-electron chi connectivity index (χ1n) is 11.0. The number of methoxy groups -OCH3 is 1. The Kier molecular flexibility index (Phi) is 14.1. The number of alkyl halides is 3. The van der Waals surface area contributed by atoms with Crippen molar-refractivity contribution in [3.05, 3.63) is 0 Å². The number of nitrogens with one attached hydrogen (secondary N) is 4. The molecule has 5 amide bonds. The van der Waals surface area contributed by atoms with E-state index in [4.69, 9.17) is 11.5 Å². The summed E-state index contributed by atoms with van der Waals surface area (Å²) >= 11 is 0. The Morgan fingerprint density at radius 1 is 0.889 bits per heavy atom. The monoisotopic (exact) mass is 526 g/mol. The minimum atomic E-state index is -5.02. The van der Waals surface area contributed by atoms with Crippen molar-refractivity contribution >= 4 is 35.5 Å². The number of amides is 5. The van der Waals surface area contributed by atoms with Crippen molar-refractivity contribution in [2.24, 2.45) is 11.5 Å². The van der Waals surface area contributed by atoms with Crippen molar-refractivity contribution in [2.75, 3.05) is 13.7 Å². The van der Waals surface area contributed by atoms with Crippen molar-refractivity contribution in [3.63, 3.8) is 0 Å². The Morgan fingerprint density at radius 2 is 1.47 bits per heavy atom. The Morgan fingerprint density at radius 3 is 2.00 bits per heavy atom. The van der Waals surface area contributed by atoms with Gasteiger partial charge in [-0.25, -0.2) is 4.79 Å².